The standard InChI is InChI=1S/C21H17FN4O4/c1-2-29-16-10-6-5-9-15(16)24-17(27)11-26-12-23-20-18(21(26)28)19(25-30-20)13-7-3-4-8-14(13)22/h3-10,12H,2,11H2,1H3,(H,24,27). The van der Waals surface area contributed by atoms with Crippen LogP contribution in [-0.2, 0) is 11.3 Å². The lowest BCUT2D eigenvalue weighted by Gasteiger charge is -2.11. The van der Waals surface area contributed by atoms with E-state index in [9.17, 15) is 14.0 Å². The molecule has 152 valence electrons. The first kappa shape index (κ1) is 19.3. The number of benzene rings is 2. The number of rotatable bonds is 6. The molecule has 0 saturated carbocycles. The van der Waals surface area contributed by atoms with E-state index in [-0.39, 0.29) is 28.9 Å². The van der Waals surface area contributed by atoms with Gasteiger partial charge in [0.25, 0.3) is 11.3 Å². The van der Waals surface area contributed by atoms with E-state index in [1.807, 2.05) is 6.92 Å². The summed E-state index contributed by atoms with van der Waals surface area (Å²) in [7, 11) is 0. The summed E-state index contributed by atoms with van der Waals surface area (Å²) in [5.41, 5.74) is 0.0489. The molecule has 0 spiro atoms. The highest BCUT2D eigenvalue weighted by Gasteiger charge is 2.20. The smallest absolute Gasteiger partial charge is 0.267 e. The number of nitrogens with zero attached hydrogens (tertiary/aromatic N) is 3. The van der Waals surface area contributed by atoms with Gasteiger partial charge in [0.2, 0.25) is 5.91 Å². The Bertz CT molecular complexity index is 1280. The summed E-state index contributed by atoms with van der Waals surface area (Å²) in [6.45, 7) is 1.98. The first-order valence-corrected chi connectivity index (χ1v) is 9.20. The summed E-state index contributed by atoms with van der Waals surface area (Å²) in [5.74, 6) is -0.475. The van der Waals surface area contributed by atoms with Gasteiger partial charge in [0.1, 0.15) is 35.5 Å². The number of fused-ring (bicyclic) bond motifs is 1. The molecule has 2 aromatic heterocycles. The third-order valence-corrected chi connectivity index (χ3v) is 4.37. The number of carbonyl (C=O) groups is 1. The number of anilines is 1. The Morgan fingerprint density at radius 1 is 1.20 bits per heavy atom. The molecule has 0 aliphatic rings. The van der Waals surface area contributed by atoms with E-state index in [2.05, 4.69) is 15.5 Å². The fourth-order valence-corrected chi connectivity index (χ4v) is 3.03. The van der Waals surface area contributed by atoms with Crippen LogP contribution in [0.3, 0.4) is 0 Å². The number of carbonyl (C=O) groups excluding carboxylic acids is 1. The topological polar surface area (TPSA) is 99.2 Å². The number of aromatic nitrogens is 3. The predicted octanol–water partition coefficient (Wildman–Crippen LogP) is 3.23. The highest BCUT2D eigenvalue weighted by Crippen LogP contribution is 2.26. The molecule has 0 atom stereocenters. The second-order valence-electron chi connectivity index (χ2n) is 6.35. The van der Waals surface area contributed by atoms with Crippen LogP contribution >= 0.6 is 0 Å². The molecule has 0 aliphatic carbocycles. The second kappa shape index (κ2) is 8.16. The Morgan fingerprint density at radius 2 is 1.97 bits per heavy atom. The van der Waals surface area contributed by atoms with Gasteiger partial charge < -0.3 is 14.6 Å². The monoisotopic (exact) mass is 408 g/mol. The molecule has 8 nitrogen and oxygen atoms in total. The molecule has 4 rings (SSSR count). The van der Waals surface area contributed by atoms with Crippen LogP contribution in [0.15, 0.2) is 64.2 Å². The predicted molar refractivity (Wildman–Crippen MR) is 108 cm³/mol. The highest BCUT2D eigenvalue weighted by molar-refractivity contribution is 5.93. The van der Waals surface area contributed by atoms with Gasteiger partial charge in [-0.3, -0.25) is 14.2 Å². The van der Waals surface area contributed by atoms with Crippen molar-refractivity contribution in [2.75, 3.05) is 11.9 Å². The van der Waals surface area contributed by atoms with Crippen molar-refractivity contribution >= 4 is 22.7 Å². The molecule has 0 fully saturated rings. The van der Waals surface area contributed by atoms with Gasteiger partial charge in [0.05, 0.1) is 12.3 Å². The Kier molecular flexibility index (Phi) is 5.25. The Labute approximate surface area is 169 Å². The third kappa shape index (κ3) is 3.64. The minimum Gasteiger partial charge on any atom is -0.492 e. The summed E-state index contributed by atoms with van der Waals surface area (Å²) in [6.07, 6.45) is 1.19. The van der Waals surface area contributed by atoms with E-state index in [4.69, 9.17) is 9.26 Å². The van der Waals surface area contributed by atoms with Gasteiger partial charge in [-0.15, -0.1) is 0 Å². The normalized spacial score (nSPS) is 10.9. The van der Waals surface area contributed by atoms with Crippen LogP contribution in [0.1, 0.15) is 6.92 Å². The quantitative estimate of drug-likeness (QED) is 0.526. The number of halogens is 1. The molecule has 1 amide bonds. The molecule has 0 radical (unpaired) electrons. The fraction of sp³-hybridized carbons (Fsp3) is 0.143. The van der Waals surface area contributed by atoms with Crippen LogP contribution in [0.25, 0.3) is 22.4 Å². The lowest BCUT2D eigenvalue weighted by atomic mass is 10.1. The first-order valence-electron chi connectivity index (χ1n) is 9.20. The van der Waals surface area contributed by atoms with Crippen molar-refractivity contribution in [3.63, 3.8) is 0 Å². The van der Waals surface area contributed by atoms with E-state index in [1.54, 1.807) is 30.3 Å². The number of ether oxygens (including phenoxy) is 1. The van der Waals surface area contributed by atoms with Crippen LogP contribution in [-0.4, -0.2) is 27.2 Å². The molecule has 0 saturated heterocycles. The van der Waals surface area contributed by atoms with Crippen LogP contribution < -0.4 is 15.6 Å². The van der Waals surface area contributed by atoms with Crippen molar-refractivity contribution in [1.82, 2.24) is 14.7 Å². The summed E-state index contributed by atoms with van der Waals surface area (Å²) in [4.78, 5) is 29.5. The minimum atomic E-state index is -0.562. The van der Waals surface area contributed by atoms with E-state index < -0.39 is 17.3 Å². The zero-order valence-electron chi connectivity index (χ0n) is 16.0. The van der Waals surface area contributed by atoms with E-state index in [0.29, 0.717) is 18.0 Å². The fourth-order valence-electron chi connectivity index (χ4n) is 3.03. The van der Waals surface area contributed by atoms with E-state index >= 15 is 0 Å². The number of hydrogen-bond acceptors (Lipinski definition) is 6. The van der Waals surface area contributed by atoms with Crippen LogP contribution in [0.5, 0.6) is 5.75 Å². The first-order chi connectivity index (χ1) is 14.6. The maximum atomic E-state index is 14.2. The van der Waals surface area contributed by atoms with Crippen LogP contribution in [0.4, 0.5) is 10.1 Å². The largest absolute Gasteiger partial charge is 0.492 e. The van der Waals surface area contributed by atoms with Gasteiger partial charge in [-0.25, -0.2) is 9.37 Å². The molecule has 0 unspecified atom stereocenters. The highest BCUT2D eigenvalue weighted by atomic mass is 19.1. The Hall–Kier alpha value is -4.01. The van der Waals surface area contributed by atoms with Crippen molar-refractivity contribution in [2.45, 2.75) is 13.5 Å². The maximum absolute atomic E-state index is 14.2. The Balaban J connectivity index is 1.65. The summed E-state index contributed by atoms with van der Waals surface area (Å²) >= 11 is 0. The lowest BCUT2D eigenvalue weighted by molar-refractivity contribution is -0.116. The molecule has 1 N–H and O–H groups in total. The van der Waals surface area contributed by atoms with Crippen LogP contribution in [0.2, 0.25) is 0 Å². The molecule has 2 heterocycles. The molecule has 9 heteroatoms. The molecule has 0 aliphatic heterocycles. The van der Waals surface area contributed by atoms with Crippen molar-refractivity contribution < 1.29 is 18.4 Å². The SMILES string of the molecule is CCOc1ccccc1NC(=O)Cn1cnc2onc(-c3ccccc3F)c2c1=O. The third-order valence-electron chi connectivity index (χ3n) is 4.37. The summed E-state index contributed by atoms with van der Waals surface area (Å²) in [5, 5.41) is 6.52. The van der Waals surface area contributed by atoms with Crippen molar-refractivity contribution in [1.29, 1.82) is 0 Å². The zero-order valence-corrected chi connectivity index (χ0v) is 16.0. The minimum absolute atomic E-state index is 0.00474. The zero-order chi connectivity index (χ0) is 21.1. The summed E-state index contributed by atoms with van der Waals surface area (Å²) < 4.78 is 25.9. The average molecular weight is 408 g/mol. The average Bonchev–Trinajstić information content (AvgIpc) is 3.17. The second-order valence-corrected chi connectivity index (χ2v) is 6.35. The number of nitrogens with one attached hydrogen (secondary N) is 1. The van der Waals surface area contributed by atoms with Crippen LogP contribution in [0, 0.1) is 5.82 Å². The molecule has 4 aromatic rings. The number of para-hydroxylation sites is 2. The van der Waals surface area contributed by atoms with Crippen molar-refractivity contribution in [3.8, 4) is 17.0 Å². The molecular weight excluding hydrogens is 391 g/mol. The van der Waals surface area contributed by atoms with E-state index in [0.717, 1.165) is 4.57 Å². The Morgan fingerprint density at radius 3 is 2.77 bits per heavy atom. The van der Waals surface area contributed by atoms with Gasteiger partial charge in [0, 0.05) is 5.56 Å². The molecule has 0 bridgehead atoms. The van der Waals surface area contributed by atoms with Gasteiger partial charge in [-0.2, -0.15) is 0 Å². The number of hydrogen-bond donors (Lipinski definition) is 1. The van der Waals surface area contributed by atoms with E-state index in [1.165, 1.54) is 24.5 Å². The molecule has 2 aromatic carbocycles. The van der Waals surface area contributed by atoms with Crippen molar-refractivity contribution in [2.24, 2.45) is 0 Å². The molecular formula is C21H17FN4O4. The van der Waals surface area contributed by atoms with Gasteiger partial charge in [-0.1, -0.05) is 29.4 Å². The van der Waals surface area contributed by atoms with Gasteiger partial charge >= 0.3 is 0 Å². The van der Waals surface area contributed by atoms with Crippen molar-refractivity contribution in [3.05, 3.63) is 71.0 Å². The molecule has 30 heavy (non-hydrogen) atoms. The lowest BCUT2D eigenvalue weighted by Crippen LogP contribution is -2.28. The van der Waals surface area contributed by atoms with Gasteiger partial charge in [0.15, 0.2) is 0 Å². The van der Waals surface area contributed by atoms with Gasteiger partial charge in [-0.05, 0) is 31.2 Å². The summed E-state index contributed by atoms with van der Waals surface area (Å²) in [6, 6.07) is 12.9. The maximum Gasteiger partial charge on any atom is 0.267 e. The number of amides is 1.